The van der Waals surface area contributed by atoms with Crippen LogP contribution in [0, 0.1) is 11.8 Å². The number of rotatable bonds is 5. The molecule has 1 aromatic rings. The van der Waals surface area contributed by atoms with Crippen molar-refractivity contribution in [1.29, 1.82) is 0 Å². The van der Waals surface area contributed by atoms with Gasteiger partial charge in [0.2, 0.25) is 5.82 Å². The van der Waals surface area contributed by atoms with Crippen molar-refractivity contribution in [1.82, 2.24) is 20.5 Å². The molecule has 0 aromatic carbocycles. The van der Waals surface area contributed by atoms with Crippen molar-refractivity contribution < 1.29 is 4.79 Å². The molecule has 2 N–H and O–H groups in total. The van der Waals surface area contributed by atoms with Gasteiger partial charge < -0.3 is 5.32 Å². The molecule has 5 nitrogen and oxygen atoms in total. The van der Waals surface area contributed by atoms with Crippen LogP contribution in [0.4, 0.5) is 0 Å². The van der Waals surface area contributed by atoms with E-state index in [9.17, 15) is 4.79 Å². The predicted molar refractivity (Wildman–Crippen MR) is 78.5 cm³/mol. The van der Waals surface area contributed by atoms with Crippen molar-refractivity contribution in [2.45, 2.75) is 58.8 Å². The average molecular weight is 278 g/mol. The minimum absolute atomic E-state index is 0.161. The van der Waals surface area contributed by atoms with Gasteiger partial charge in [0, 0.05) is 12.5 Å². The minimum Gasteiger partial charge on any atom is -0.349 e. The molecule has 1 aromatic heterocycles. The Bertz CT molecular complexity index is 433. The summed E-state index contributed by atoms with van der Waals surface area (Å²) in [5.41, 5.74) is 0. The quantitative estimate of drug-likeness (QED) is 0.870. The van der Waals surface area contributed by atoms with Crippen LogP contribution in [0.15, 0.2) is 0 Å². The van der Waals surface area contributed by atoms with Crippen molar-refractivity contribution in [3.63, 3.8) is 0 Å². The van der Waals surface area contributed by atoms with Crippen LogP contribution >= 0.6 is 0 Å². The highest BCUT2D eigenvalue weighted by Gasteiger charge is 2.21. The highest BCUT2D eigenvalue weighted by Crippen LogP contribution is 2.30. The van der Waals surface area contributed by atoms with E-state index in [0.717, 1.165) is 18.3 Å². The van der Waals surface area contributed by atoms with E-state index >= 15 is 0 Å². The van der Waals surface area contributed by atoms with Gasteiger partial charge in [-0.15, -0.1) is 5.10 Å². The number of H-pyrrole nitrogens is 1. The maximum Gasteiger partial charge on any atom is 0.290 e. The molecule has 1 saturated carbocycles. The molecule has 0 radical (unpaired) electrons. The van der Waals surface area contributed by atoms with Crippen molar-refractivity contribution in [3.8, 4) is 0 Å². The van der Waals surface area contributed by atoms with Gasteiger partial charge in [-0.05, 0) is 24.7 Å². The second kappa shape index (κ2) is 6.86. The maximum absolute atomic E-state index is 12.0. The van der Waals surface area contributed by atoms with Crippen molar-refractivity contribution >= 4 is 5.91 Å². The van der Waals surface area contributed by atoms with Crippen LogP contribution < -0.4 is 5.32 Å². The van der Waals surface area contributed by atoms with Gasteiger partial charge >= 0.3 is 0 Å². The monoisotopic (exact) mass is 278 g/mol. The first-order valence-electron chi connectivity index (χ1n) is 7.80. The number of hydrogen-bond donors (Lipinski definition) is 2. The second-order valence-corrected chi connectivity index (χ2v) is 6.20. The minimum atomic E-state index is -0.161. The van der Waals surface area contributed by atoms with Crippen molar-refractivity contribution in [3.05, 3.63) is 11.6 Å². The number of hydrogen-bond acceptors (Lipinski definition) is 3. The largest absolute Gasteiger partial charge is 0.349 e. The van der Waals surface area contributed by atoms with Crippen LogP contribution in [0.1, 0.15) is 75.2 Å². The van der Waals surface area contributed by atoms with Crippen LogP contribution in [0.25, 0.3) is 0 Å². The number of carbonyl (C=O) groups is 1. The van der Waals surface area contributed by atoms with E-state index in [1.165, 1.54) is 32.1 Å². The van der Waals surface area contributed by atoms with E-state index in [4.69, 9.17) is 0 Å². The molecule has 1 amide bonds. The zero-order valence-electron chi connectivity index (χ0n) is 12.8. The summed E-state index contributed by atoms with van der Waals surface area (Å²) in [4.78, 5) is 16.2. The van der Waals surface area contributed by atoms with Crippen LogP contribution in [0.3, 0.4) is 0 Å². The van der Waals surface area contributed by atoms with Gasteiger partial charge in [0.05, 0.1) is 0 Å². The Morgan fingerprint density at radius 1 is 1.30 bits per heavy atom. The van der Waals surface area contributed by atoms with Crippen LogP contribution in [0.2, 0.25) is 0 Å². The predicted octanol–water partition coefficient (Wildman–Crippen LogP) is 2.87. The van der Waals surface area contributed by atoms with E-state index in [2.05, 4.69) is 27.4 Å². The second-order valence-electron chi connectivity index (χ2n) is 6.20. The fraction of sp³-hybridized carbons (Fsp3) is 0.800. The van der Waals surface area contributed by atoms with Crippen molar-refractivity contribution in [2.24, 2.45) is 11.8 Å². The summed E-state index contributed by atoms with van der Waals surface area (Å²) in [5.74, 6) is 2.63. The van der Waals surface area contributed by atoms with Crippen LogP contribution in [0.5, 0.6) is 0 Å². The third-order valence-corrected chi connectivity index (χ3v) is 4.35. The molecule has 0 saturated heterocycles. The average Bonchev–Trinajstić information content (AvgIpc) is 2.95. The lowest BCUT2D eigenvalue weighted by molar-refractivity contribution is 0.0931. The van der Waals surface area contributed by atoms with Gasteiger partial charge in [-0.2, -0.15) is 0 Å². The third-order valence-electron chi connectivity index (χ3n) is 4.35. The normalized spacial score (nSPS) is 23.0. The Kier molecular flexibility index (Phi) is 5.15. The first kappa shape index (κ1) is 15.0. The van der Waals surface area contributed by atoms with Gasteiger partial charge in [0.1, 0.15) is 5.82 Å². The van der Waals surface area contributed by atoms with Gasteiger partial charge in [0.25, 0.3) is 5.91 Å². The summed E-state index contributed by atoms with van der Waals surface area (Å²) in [5, 5.41) is 9.76. The zero-order valence-corrected chi connectivity index (χ0v) is 12.8. The Morgan fingerprint density at radius 3 is 2.50 bits per heavy atom. The van der Waals surface area contributed by atoms with Gasteiger partial charge in [-0.25, -0.2) is 4.98 Å². The number of nitrogens with zero attached hydrogens (tertiary/aromatic N) is 2. The topological polar surface area (TPSA) is 70.7 Å². The molecule has 112 valence electrons. The Labute approximate surface area is 120 Å². The molecule has 2 rings (SSSR count). The van der Waals surface area contributed by atoms with Gasteiger partial charge in [-0.3, -0.25) is 9.89 Å². The summed E-state index contributed by atoms with van der Waals surface area (Å²) in [6.45, 7) is 7.06. The Morgan fingerprint density at radius 2 is 1.95 bits per heavy atom. The van der Waals surface area contributed by atoms with E-state index in [1.807, 2.05) is 13.8 Å². The zero-order chi connectivity index (χ0) is 14.5. The molecule has 1 heterocycles. The molecule has 0 unspecified atom stereocenters. The lowest BCUT2D eigenvalue weighted by atomic mass is 9.81. The molecule has 0 aliphatic heterocycles. The van der Waals surface area contributed by atoms with E-state index < -0.39 is 0 Å². The van der Waals surface area contributed by atoms with E-state index in [-0.39, 0.29) is 17.6 Å². The number of aromatic nitrogens is 3. The van der Waals surface area contributed by atoms with Gasteiger partial charge in [-0.1, -0.05) is 40.0 Å². The molecule has 1 aliphatic rings. The molecule has 0 bridgehead atoms. The molecular formula is C15H26N4O. The summed E-state index contributed by atoms with van der Waals surface area (Å²) < 4.78 is 0. The SMILES string of the molecule is CCC1CCC(CNC(=O)c2n[nH]c(C(C)C)n2)CC1. The molecule has 1 aliphatic carbocycles. The summed E-state index contributed by atoms with van der Waals surface area (Å²) in [7, 11) is 0. The molecule has 20 heavy (non-hydrogen) atoms. The number of nitrogens with one attached hydrogen (secondary N) is 2. The Hall–Kier alpha value is -1.39. The molecule has 5 heteroatoms. The smallest absolute Gasteiger partial charge is 0.290 e. The number of amides is 1. The van der Waals surface area contributed by atoms with Crippen LogP contribution in [-0.2, 0) is 0 Å². The maximum atomic E-state index is 12.0. The molecule has 1 fully saturated rings. The highest BCUT2D eigenvalue weighted by atomic mass is 16.2. The summed E-state index contributed by atoms with van der Waals surface area (Å²) >= 11 is 0. The molecular weight excluding hydrogens is 252 g/mol. The summed E-state index contributed by atoms with van der Waals surface area (Å²) in [6, 6.07) is 0. The standard InChI is InChI=1S/C15H26N4O/c1-4-11-5-7-12(8-6-11)9-16-15(20)14-17-13(10(2)3)18-19-14/h10-12H,4-9H2,1-3H3,(H,16,20)(H,17,18,19). The lowest BCUT2D eigenvalue weighted by Gasteiger charge is -2.27. The van der Waals surface area contributed by atoms with E-state index in [1.54, 1.807) is 0 Å². The lowest BCUT2D eigenvalue weighted by Crippen LogP contribution is -2.32. The third kappa shape index (κ3) is 3.81. The van der Waals surface area contributed by atoms with E-state index in [0.29, 0.717) is 5.92 Å². The first-order chi connectivity index (χ1) is 9.60. The van der Waals surface area contributed by atoms with Crippen molar-refractivity contribution in [2.75, 3.05) is 6.54 Å². The number of carbonyl (C=O) groups excluding carboxylic acids is 1. The molecule has 0 atom stereocenters. The summed E-state index contributed by atoms with van der Waals surface area (Å²) in [6.07, 6.45) is 6.34. The number of aromatic amines is 1. The first-order valence-corrected chi connectivity index (χ1v) is 7.80. The van der Waals surface area contributed by atoms with Crippen LogP contribution in [-0.4, -0.2) is 27.6 Å². The fourth-order valence-corrected chi connectivity index (χ4v) is 2.79. The van der Waals surface area contributed by atoms with Gasteiger partial charge in [0.15, 0.2) is 0 Å². The molecule has 0 spiro atoms. The Balaban J connectivity index is 1.77. The fourth-order valence-electron chi connectivity index (χ4n) is 2.79. The highest BCUT2D eigenvalue weighted by molar-refractivity contribution is 5.90.